The van der Waals surface area contributed by atoms with Crippen molar-refractivity contribution < 1.29 is 4.79 Å². The maximum Gasteiger partial charge on any atom is 0.221 e. The molecule has 0 radical (unpaired) electrons. The summed E-state index contributed by atoms with van der Waals surface area (Å²) in [6, 6.07) is 7.92. The molecule has 0 atom stereocenters. The third kappa shape index (κ3) is 2.23. The Morgan fingerprint density at radius 3 is 2.81 bits per heavy atom. The van der Waals surface area contributed by atoms with E-state index in [0.29, 0.717) is 6.54 Å². The molecule has 0 unspecified atom stereocenters. The van der Waals surface area contributed by atoms with Gasteiger partial charge in [0, 0.05) is 11.2 Å². The predicted octanol–water partition coefficient (Wildman–Crippen LogP) is 0.697. The smallest absolute Gasteiger partial charge is 0.221 e. The Balaban J connectivity index is 2.33. The van der Waals surface area contributed by atoms with E-state index in [2.05, 4.69) is 11.1 Å². The number of aromatic amines is 1. The molecular weight excluding hydrogens is 202 g/mol. The van der Waals surface area contributed by atoms with Gasteiger partial charge in [0.25, 0.3) is 0 Å². The number of benzene rings is 1. The van der Waals surface area contributed by atoms with Crippen molar-refractivity contribution in [2.75, 3.05) is 6.54 Å². The number of carbonyl (C=O) groups excluding carboxylic acids is 1. The molecular formula is C12H15N3O. The van der Waals surface area contributed by atoms with E-state index in [1.807, 2.05) is 18.2 Å². The molecule has 0 fully saturated rings. The summed E-state index contributed by atoms with van der Waals surface area (Å²) in [4.78, 5) is 14.1. The van der Waals surface area contributed by atoms with Crippen molar-refractivity contribution in [3.05, 3.63) is 35.5 Å². The third-order valence-electron chi connectivity index (χ3n) is 2.53. The summed E-state index contributed by atoms with van der Waals surface area (Å²) in [6.07, 6.45) is 1.12. The van der Waals surface area contributed by atoms with E-state index in [9.17, 15) is 4.79 Å². The van der Waals surface area contributed by atoms with Crippen LogP contribution in [0, 0.1) is 0 Å². The second-order valence-electron chi connectivity index (χ2n) is 3.90. The lowest BCUT2D eigenvalue weighted by Gasteiger charge is -1.97. The summed E-state index contributed by atoms with van der Waals surface area (Å²) < 4.78 is 0. The molecule has 2 aromatic rings. The first-order chi connectivity index (χ1) is 7.69. The fourth-order valence-corrected chi connectivity index (χ4v) is 1.84. The molecule has 2 rings (SSSR count). The highest BCUT2D eigenvalue weighted by Crippen LogP contribution is 2.17. The highest BCUT2D eigenvalue weighted by Gasteiger charge is 2.03. The van der Waals surface area contributed by atoms with Crippen molar-refractivity contribution in [3.63, 3.8) is 0 Å². The number of nitrogens with one attached hydrogen (secondary N) is 1. The molecule has 5 N–H and O–H groups in total. The molecule has 4 nitrogen and oxygen atoms in total. The Bertz CT molecular complexity index is 516. The van der Waals surface area contributed by atoms with E-state index >= 15 is 0 Å². The van der Waals surface area contributed by atoms with Gasteiger partial charge in [-0.25, -0.2) is 0 Å². The summed E-state index contributed by atoms with van der Waals surface area (Å²) in [6.45, 7) is 0.626. The van der Waals surface area contributed by atoms with Gasteiger partial charge < -0.3 is 16.5 Å². The number of amides is 1. The SMILES string of the molecule is NCCc1cc2cc(CC(N)=O)ccc2[nH]1. The van der Waals surface area contributed by atoms with Crippen LogP contribution in [0.25, 0.3) is 10.9 Å². The summed E-state index contributed by atoms with van der Waals surface area (Å²) in [5.41, 5.74) is 13.8. The van der Waals surface area contributed by atoms with Crippen molar-refractivity contribution in [1.82, 2.24) is 4.98 Å². The van der Waals surface area contributed by atoms with Crippen LogP contribution >= 0.6 is 0 Å². The Labute approximate surface area is 93.6 Å². The highest BCUT2D eigenvalue weighted by molar-refractivity contribution is 5.83. The lowest BCUT2D eigenvalue weighted by molar-refractivity contribution is -0.117. The number of rotatable bonds is 4. The van der Waals surface area contributed by atoms with E-state index in [1.54, 1.807) is 0 Å². The van der Waals surface area contributed by atoms with E-state index in [-0.39, 0.29) is 12.3 Å². The number of primary amides is 1. The average Bonchev–Trinajstić information content (AvgIpc) is 2.59. The number of aromatic nitrogens is 1. The molecule has 16 heavy (non-hydrogen) atoms. The van der Waals surface area contributed by atoms with Gasteiger partial charge in [0.1, 0.15) is 0 Å². The normalized spacial score (nSPS) is 10.8. The number of H-pyrrole nitrogens is 1. The fraction of sp³-hybridized carbons (Fsp3) is 0.250. The molecule has 0 aliphatic carbocycles. The minimum absolute atomic E-state index is 0.285. The maximum absolute atomic E-state index is 10.8. The first-order valence-electron chi connectivity index (χ1n) is 5.28. The van der Waals surface area contributed by atoms with Crippen LogP contribution in [0.2, 0.25) is 0 Å². The molecule has 1 amide bonds. The lowest BCUT2D eigenvalue weighted by atomic mass is 10.1. The first kappa shape index (κ1) is 10.7. The zero-order chi connectivity index (χ0) is 11.5. The second-order valence-corrected chi connectivity index (χ2v) is 3.90. The number of fused-ring (bicyclic) bond motifs is 1. The lowest BCUT2D eigenvalue weighted by Crippen LogP contribution is -2.13. The minimum Gasteiger partial charge on any atom is -0.369 e. The molecule has 0 spiro atoms. The van der Waals surface area contributed by atoms with Gasteiger partial charge in [-0.2, -0.15) is 0 Å². The van der Waals surface area contributed by atoms with E-state index in [4.69, 9.17) is 11.5 Å². The maximum atomic E-state index is 10.8. The van der Waals surface area contributed by atoms with Crippen LogP contribution in [0.3, 0.4) is 0 Å². The number of carbonyl (C=O) groups is 1. The quantitative estimate of drug-likeness (QED) is 0.704. The number of nitrogens with two attached hydrogens (primary N) is 2. The van der Waals surface area contributed by atoms with Crippen LogP contribution < -0.4 is 11.5 Å². The first-order valence-corrected chi connectivity index (χ1v) is 5.28. The van der Waals surface area contributed by atoms with Gasteiger partial charge in [0.15, 0.2) is 0 Å². The second kappa shape index (κ2) is 4.37. The van der Waals surface area contributed by atoms with E-state index < -0.39 is 0 Å². The largest absolute Gasteiger partial charge is 0.369 e. The standard InChI is InChI=1S/C12H15N3O/c13-4-3-10-7-9-5-8(6-12(14)16)1-2-11(9)15-10/h1-2,5,7,15H,3-4,6,13H2,(H2,14,16). The highest BCUT2D eigenvalue weighted by atomic mass is 16.1. The zero-order valence-electron chi connectivity index (χ0n) is 8.99. The molecule has 1 aromatic carbocycles. The molecule has 1 aromatic heterocycles. The zero-order valence-corrected chi connectivity index (χ0v) is 8.99. The van der Waals surface area contributed by atoms with Crippen molar-refractivity contribution in [3.8, 4) is 0 Å². The molecule has 0 aliphatic heterocycles. The summed E-state index contributed by atoms with van der Waals surface area (Å²) in [7, 11) is 0. The van der Waals surface area contributed by atoms with Gasteiger partial charge in [-0.15, -0.1) is 0 Å². The van der Waals surface area contributed by atoms with Crippen LogP contribution in [0.5, 0.6) is 0 Å². The van der Waals surface area contributed by atoms with Crippen molar-refractivity contribution in [1.29, 1.82) is 0 Å². The Morgan fingerprint density at radius 1 is 1.31 bits per heavy atom. The van der Waals surface area contributed by atoms with Gasteiger partial charge in [0.2, 0.25) is 5.91 Å². The molecule has 84 valence electrons. The van der Waals surface area contributed by atoms with Crippen LogP contribution in [0.4, 0.5) is 0 Å². The summed E-state index contributed by atoms with van der Waals surface area (Å²) >= 11 is 0. The van der Waals surface area contributed by atoms with Crippen LogP contribution in [0.1, 0.15) is 11.3 Å². The molecule has 0 saturated carbocycles. The van der Waals surface area contributed by atoms with Gasteiger partial charge in [-0.3, -0.25) is 4.79 Å². The van der Waals surface area contributed by atoms with Gasteiger partial charge in [0.05, 0.1) is 6.42 Å². The van der Waals surface area contributed by atoms with Crippen LogP contribution in [-0.4, -0.2) is 17.4 Å². The van der Waals surface area contributed by atoms with E-state index in [1.165, 1.54) is 0 Å². The fourth-order valence-electron chi connectivity index (χ4n) is 1.84. The molecule has 0 saturated heterocycles. The Hall–Kier alpha value is -1.81. The Kier molecular flexibility index (Phi) is 2.92. The van der Waals surface area contributed by atoms with Crippen molar-refractivity contribution in [2.45, 2.75) is 12.8 Å². The molecule has 0 aliphatic rings. The topological polar surface area (TPSA) is 84.9 Å². The number of hydrogen-bond donors (Lipinski definition) is 3. The minimum atomic E-state index is -0.308. The molecule has 4 heteroatoms. The molecule has 0 bridgehead atoms. The monoisotopic (exact) mass is 217 g/mol. The van der Waals surface area contributed by atoms with Crippen molar-refractivity contribution in [2.24, 2.45) is 11.5 Å². The Morgan fingerprint density at radius 2 is 2.12 bits per heavy atom. The summed E-state index contributed by atoms with van der Waals surface area (Å²) in [5.74, 6) is -0.308. The average molecular weight is 217 g/mol. The summed E-state index contributed by atoms with van der Waals surface area (Å²) in [5, 5.41) is 1.10. The van der Waals surface area contributed by atoms with E-state index in [0.717, 1.165) is 28.6 Å². The van der Waals surface area contributed by atoms with Crippen LogP contribution in [-0.2, 0) is 17.6 Å². The molecule has 1 heterocycles. The third-order valence-corrected chi connectivity index (χ3v) is 2.53. The van der Waals surface area contributed by atoms with Crippen LogP contribution in [0.15, 0.2) is 24.3 Å². The predicted molar refractivity (Wildman–Crippen MR) is 64.0 cm³/mol. The number of hydrogen-bond acceptors (Lipinski definition) is 2. The van der Waals surface area contributed by atoms with Gasteiger partial charge >= 0.3 is 0 Å². The van der Waals surface area contributed by atoms with Gasteiger partial charge in [-0.05, 0) is 42.1 Å². The van der Waals surface area contributed by atoms with Gasteiger partial charge in [-0.1, -0.05) is 6.07 Å². The van der Waals surface area contributed by atoms with Crippen molar-refractivity contribution >= 4 is 16.8 Å².